The lowest BCUT2D eigenvalue weighted by atomic mass is 10.0. The van der Waals surface area contributed by atoms with E-state index in [4.69, 9.17) is 10.8 Å². The highest BCUT2D eigenvalue weighted by Crippen LogP contribution is 2.05. The first-order valence-corrected chi connectivity index (χ1v) is 4.62. The third-order valence-corrected chi connectivity index (χ3v) is 1.91. The lowest BCUT2D eigenvalue weighted by Gasteiger charge is -2.09. The van der Waals surface area contributed by atoms with Crippen LogP contribution in [0.15, 0.2) is 12.2 Å². The summed E-state index contributed by atoms with van der Waals surface area (Å²) in [6.07, 6.45) is 1.88. The van der Waals surface area contributed by atoms with Gasteiger partial charge in [-0.3, -0.25) is 9.59 Å². The van der Waals surface area contributed by atoms with E-state index in [1.807, 2.05) is 0 Å². The number of carbonyl (C=O) groups is 2. The van der Waals surface area contributed by atoms with E-state index < -0.39 is 12.0 Å². The van der Waals surface area contributed by atoms with Crippen molar-refractivity contribution in [1.82, 2.24) is 0 Å². The zero-order valence-corrected chi connectivity index (χ0v) is 8.45. The molecule has 4 heteroatoms. The molecule has 0 aliphatic rings. The predicted octanol–water partition coefficient (Wildman–Crippen LogP) is 1.10. The maximum atomic E-state index is 11.2. The van der Waals surface area contributed by atoms with Gasteiger partial charge in [0.25, 0.3) is 0 Å². The summed E-state index contributed by atoms with van der Waals surface area (Å²) in [4.78, 5) is 21.4. The number of aliphatic carboxylic acids is 1. The van der Waals surface area contributed by atoms with E-state index in [1.54, 1.807) is 6.92 Å². The summed E-state index contributed by atoms with van der Waals surface area (Å²) >= 11 is 0. The molecule has 0 aromatic rings. The molecule has 1 unspecified atom stereocenters. The van der Waals surface area contributed by atoms with Crippen LogP contribution in [0.3, 0.4) is 0 Å². The van der Waals surface area contributed by atoms with E-state index in [0.29, 0.717) is 24.8 Å². The minimum absolute atomic E-state index is 0.133. The Hall–Kier alpha value is -1.16. The Balaban J connectivity index is 3.64. The normalized spacial score (nSPS) is 12.1. The van der Waals surface area contributed by atoms with Crippen LogP contribution in [0.25, 0.3) is 0 Å². The lowest BCUT2D eigenvalue weighted by Crippen LogP contribution is -2.30. The summed E-state index contributed by atoms with van der Waals surface area (Å²) in [7, 11) is 0. The van der Waals surface area contributed by atoms with Gasteiger partial charge in [0.15, 0.2) is 5.78 Å². The second-order valence-corrected chi connectivity index (χ2v) is 3.39. The molecule has 0 aliphatic carbocycles. The summed E-state index contributed by atoms with van der Waals surface area (Å²) in [6.45, 7) is 5.13. The lowest BCUT2D eigenvalue weighted by molar-refractivity contribution is -0.137. The first-order valence-electron chi connectivity index (χ1n) is 4.62. The Bertz CT molecular complexity index is 236. The molecule has 0 aromatic heterocycles. The first-order chi connectivity index (χ1) is 6.45. The van der Waals surface area contributed by atoms with Gasteiger partial charge in [-0.05, 0) is 25.3 Å². The van der Waals surface area contributed by atoms with Crippen molar-refractivity contribution < 1.29 is 14.7 Å². The van der Waals surface area contributed by atoms with Gasteiger partial charge in [0.1, 0.15) is 0 Å². The Morgan fingerprint density at radius 1 is 1.43 bits per heavy atom. The summed E-state index contributed by atoms with van der Waals surface area (Å²) in [5.41, 5.74) is 6.03. The topological polar surface area (TPSA) is 80.4 Å². The molecule has 80 valence electrons. The maximum absolute atomic E-state index is 11.2. The van der Waals surface area contributed by atoms with Crippen LogP contribution in [-0.4, -0.2) is 22.9 Å². The minimum Gasteiger partial charge on any atom is -0.481 e. The molecule has 1 atom stereocenters. The molecule has 0 saturated heterocycles. The van der Waals surface area contributed by atoms with Gasteiger partial charge in [0, 0.05) is 6.42 Å². The fourth-order valence-electron chi connectivity index (χ4n) is 1.09. The van der Waals surface area contributed by atoms with Gasteiger partial charge < -0.3 is 10.8 Å². The quantitative estimate of drug-likeness (QED) is 0.475. The molecular formula is C10H17NO3. The van der Waals surface area contributed by atoms with Crippen molar-refractivity contribution in [3.05, 3.63) is 12.2 Å². The molecule has 0 aliphatic heterocycles. The first kappa shape index (κ1) is 12.8. The zero-order valence-electron chi connectivity index (χ0n) is 8.45. The number of carbonyl (C=O) groups excluding carboxylic acids is 1. The molecule has 0 bridgehead atoms. The molecule has 0 amide bonds. The fourth-order valence-corrected chi connectivity index (χ4v) is 1.09. The van der Waals surface area contributed by atoms with Crippen LogP contribution in [0.5, 0.6) is 0 Å². The number of hydrogen-bond donors (Lipinski definition) is 2. The highest BCUT2D eigenvalue weighted by molar-refractivity contribution is 5.98. The van der Waals surface area contributed by atoms with E-state index in [2.05, 4.69) is 6.58 Å². The van der Waals surface area contributed by atoms with Crippen LogP contribution in [0.1, 0.15) is 32.6 Å². The summed E-state index contributed by atoms with van der Waals surface area (Å²) < 4.78 is 0. The number of ketones is 1. The molecule has 0 spiro atoms. The number of carboxylic acid groups (broad SMARTS) is 1. The summed E-state index contributed by atoms with van der Waals surface area (Å²) in [5.74, 6) is -0.954. The average molecular weight is 199 g/mol. The number of carboxylic acids is 1. The highest BCUT2D eigenvalue weighted by atomic mass is 16.4. The van der Waals surface area contributed by atoms with E-state index >= 15 is 0 Å². The molecule has 0 radical (unpaired) electrons. The van der Waals surface area contributed by atoms with Gasteiger partial charge in [0.2, 0.25) is 0 Å². The molecule has 0 rings (SSSR count). The Morgan fingerprint density at radius 3 is 2.43 bits per heavy atom. The van der Waals surface area contributed by atoms with Gasteiger partial charge in [-0.1, -0.05) is 13.0 Å². The van der Waals surface area contributed by atoms with Crippen LogP contribution in [-0.2, 0) is 9.59 Å². The van der Waals surface area contributed by atoms with Crippen molar-refractivity contribution in [2.45, 2.75) is 38.6 Å². The Morgan fingerprint density at radius 2 is 2.00 bits per heavy atom. The predicted molar refractivity (Wildman–Crippen MR) is 53.9 cm³/mol. The molecule has 14 heavy (non-hydrogen) atoms. The largest absolute Gasteiger partial charge is 0.481 e. The Kier molecular flexibility index (Phi) is 5.79. The Labute approximate surface area is 83.8 Å². The molecule has 0 saturated carbocycles. The monoisotopic (exact) mass is 199 g/mol. The van der Waals surface area contributed by atoms with Crippen LogP contribution in [0.2, 0.25) is 0 Å². The van der Waals surface area contributed by atoms with Gasteiger partial charge in [0.05, 0.1) is 6.04 Å². The van der Waals surface area contributed by atoms with Gasteiger partial charge in [-0.15, -0.1) is 0 Å². The third kappa shape index (κ3) is 5.48. The molecule has 0 fully saturated rings. The standard InChI is InChI=1S/C10H17NO3/c1-7(2)10(14)8(11)5-3-4-6-9(12)13/h8H,1,3-6,11H2,2H3,(H,12,13). The van der Waals surface area contributed by atoms with Crippen molar-refractivity contribution in [1.29, 1.82) is 0 Å². The van der Waals surface area contributed by atoms with E-state index in [0.717, 1.165) is 0 Å². The number of Topliss-reactive ketones (excluding diaryl/α,β-unsaturated/α-hetero) is 1. The van der Waals surface area contributed by atoms with Crippen molar-refractivity contribution in [3.63, 3.8) is 0 Å². The zero-order chi connectivity index (χ0) is 11.1. The van der Waals surface area contributed by atoms with Crippen LogP contribution in [0, 0.1) is 0 Å². The fraction of sp³-hybridized carbons (Fsp3) is 0.600. The second kappa shape index (κ2) is 6.32. The van der Waals surface area contributed by atoms with Crippen LogP contribution < -0.4 is 5.73 Å². The van der Waals surface area contributed by atoms with E-state index in [-0.39, 0.29) is 12.2 Å². The minimum atomic E-state index is -0.815. The molecule has 0 heterocycles. The van der Waals surface area contributed by atoms with Gasteiger partial charge >= 0.3 is 5.97 Å². The molecule has 0 aromatic carbocycles. The number of rotatable bonds is 7. The van der Waals surface area contributed by atoms with E-state index in [1.165, 1.54) is 0 Å². The van der Waals surface area contributed by atoms with Gasteiger partial charge in [-0.2, -0.15) is 0 Å². The molecule has 3 N–H and O–H groups in total. The second-order valence-electron chi connectivity index (χ2n) is 3.39. The smallest absolute Gasteiger partial charge is 0.303 e. The molecule has 4 nitrogen and oxygen atoms in total. The maximum Gasteiger partial charge on any atom is 0.303 e. The summed E-state index contributed by atoms with van der Waals surface area (Å²) in [5, 5.41) is 8.36. The third-order valence-electron chi connectivity index (χ3n) is 1.91. The van der Waals surface area contributed by atoms with Gasteiger partial charge in [-0.25, -0.2) is 0 Å². The molecular weight excluding hydrogens is 182 g/mol. The van der Waals surface area contributed by atoms with Crippen LogP contribution >= 0.6 is 0 Å². The van der Waals surface area contributed by atoms with Crippen molar-refractivity contribution in [2.75, 3.05) is 0 Å². The van der Waals surface area contributed by atoms with E-state index in [9.17, 15) is 9.59 Å². The van der Waals surface area contributed by atoms with Crippen molar-refractivity contribution >= 4 is 11.8 Å². The number of unbranched alkanes of at least 4 members (excludes halogenated alkanes) is 1. The van der Waals surface area contributed by atoms with Crippen molar-refractivity contribution in [2.24, 2.45) is 5.73 Å². The van der Waals surface area contributed by atoms with Crippen molar-refractivity contribution in [3.8, 4) is 0 Å². The number of nitrogens with two attached hydrogens (primary N) is 1. The summed E-state index contributed by atoms with van der Waals surface area (Å²) in [6, 6.07) is -0.527. The van der Waals surface area contributed by atoms with Crippen LogP contribution in [0.4, 0.5) is 0 Å². The SMILES string of the molecule is C=C(C)C(=O)C(N)CCCCC(=O)O. The highest BCUT2D eigenvalue weighted by Gasteiger charge is 2.13. The number of hydrogen-bond acceptors (Lipinski definition) is 3. The average Bonchev–Trinajstić information content (AvgIpc) is 2.10.